The van der Waals surface area contributed by atoms with Crippen LogP contribution in [0.1, 0.15) is 53.9 Å². The van der Waals surface area contributed by atoms with Gasteiger partial charge >= 0.3 is 6.09 Å². The van der Waals surface area contributed by atoms with Crippen LogP contribution in [0.5, 0.6) is 0 Å². The first-order chi connectivity index (χ1) is 8.99. The topological polar surface area (TPSA) is 64.6 Å². The van der Waals surface area contributed by atoms with E-state index in [9.17, 15) is 9.36 Å². The van der Waals surface area contributed by atoms with E-state index >= 15 is 0 Å². The Morgan fingerprint density at radius 1 is 1.30 bits per heavy atom. The SMILES string of the molecule is CC(C)OP(C)(=O)[C@H]1CC[C@@H](NC(=O)OC(C)(C)C)C1. The van der Waals surface area contributed by atoms with Crippen molar-refractivity contribution in [3.05, 3.63) is 0 Å². The maximum atomic E-state index is 12.5. The minimum Gasteiger partial charge on any atom is -0.444 e. The third-order valence-electron chi connectivity index (χ3n) is 3.21. The minimum absolute atomic E-state index is 0.0267. The molecule has 1 unspecified atom stereocenters. The lowest BCUT2D eigenvalue weighted by atomic mass is 10.2. The first-order valence-electron chi connectivity index (χ1n) is 7.25. The quantitative estimate of drug-likeness (QED) is 0.803. The van der Waals surface area contributed by atoms with Crippen LogP contribution in [0.4, 0.5) is 4.79 Å². The molecule has 0 aromatic heterocycles. The number of ether oxygens (including phenoxy) is 1. The first kappa shape index (κ1) is 17.5. The van der Waals surface area contributed by atoms with Crippen molar-refractivity contribution in [3.63, 3.8) is 0 Å². The average Bonchev–Trinajstić information content (AvgIpc) is 2.60. The van der Waals surface area contributed by atoms with Gasteiger partial charge in [-0.1, -0.05) is 0 Å². The summed E-state index contributed by atoms with van der Waals surface area (Å²) in [6.45, 7) is 11.0. The van der Waals surface area contributed by atoms with E-state index in [1.807, 2.05) is 34.6 Å². The molecule has 0 spiro atoms. The van der Waals surface area contributed by atoms with E-state index in [1.54, 1.807) is 6.66 Å². The molecule has 1 N–H and O–H groups in total. The molecule has 1 rings (SSSR count). The van der Waals surface area contributed by atoms with Crippen molar-refractivity contribution in [2.45, 2.75) is 77.3 Å². The molecule has 1 aliphatic carbocycles. The minimum atomic E-state index is -2.61. The van der Waals surface area contributed by atoms with Crippen LogP contribution in [-0.2, 0) is 13.8 Å². The fraction of sp³-hybridized carbons (Fsp3) is 0.929. The Hall–Kier alpha value is -0.540. The third kappa shape index (κ3) is 5.84. The molecule has 0 aliphatic heterocycles. The Morgan fingerprint density at radius 3 is 2.40 bits per heavy atom. The molecule has 20 heavy (non-hydrogen) atoms. The van der Waals surface area contributed by atoms with Gasteiger partial charge in [0.25, 0.3) is 0 Å². The van der Waals surface area contributed by atoms with E-state index in [0.29, 0.717) is 6.42 Å². The summed E-state index contributed by atoms with van der Waals surface area (Å²) >= 11 is 0. The maximum absolute atomic E-state index is 12.5. The zero-order valence-electron chi connectivity index (χ0n) is 13.4. The summed E-state index contributed by atoms with van der Waals surface area (Å²) in [5, 5.41) is 2.85. The van der Waals surface area contributed by atoms with Crippen LogP contribution in [-0.4, -0.2) is 36.2 Å². The number of amides is 1. The highest BCUT2D eigenvalue weighted by atomic mass is 31.2. The standard InChI is InChI=1S/C14H28NO4P/c1-10(2)19-20(6,17)12-8-7-11(9-12)15-13(16)18-14(3,4)5/h10-12H,7-9H2,1-6H3,(H,15,16)/t11-,12+,20?/m1/s1. The molecule has 1 saturated carbocycles. The zero-order valence-corrected chi connectivity index (χ0v) is 14.3. The number of nitrogens with one attached hydrogen (secondary N) is 1. The molecular weight excluding hydrogens is 277 g/mol. The molecule has 0 aromatic carbocycles. The van der Waals surface area contributed by atoms with Crippen molar-refractivity contribution in [2.75, 3.05) is 6.66 Å². The second-order valence-corrected chi connectivity index (χ2v) is 9.63. The van der Waals surface area contributed by atoms with E-state index in [1.165, 1.54) is 0 Å². The Morgan fingerprint density at radius 2 is 1.90 bits per heavy atom. The highest BCUT2D eigenvalue weighted by Crippen LogP contribution is 2.55. The van der Waals surface area contributed by atoms with Crippen molar-refractivity contribution in [1.82, 2.24) is 5.32 Å². The predicted molar refractivity (Wildman–Crippen MR) is 80.5 cm³/mol. The van der Waals surface area contributed by atoms with Gasteiger partial charge in [0.2, 0.25) is 7.37 Å². The van der Waals surface area contributed by atoms with Crippen molar-refractivity contribution in [3.8, 4) is 0 Å². The molecule has 1 amide bonds. The number of rotatable bonds is 4. The number of carbonyl (C=O) groups is 1. The Balaban J connectivity index is 2.48. The highest BCUT2D eigenvalue weighted by molar-refractivity contribution is 7.58. The van der Waals surface area contributed by atoms with E-state index in [2.05, 4.69) is 5.32 Å². The summed E-state index contributed by atoms with van der Waals surface area (Å²) < 4.78 is 23.3. The van der Waals surface area contributed by atoms with Gasteiger partial charge in [-0.3, -0.25) is 4.57 Å². The molecule has 6 heteroatoms. The van der Waals surface area contributed by atoms with E-state index in [4.69, 9.17) is 9.26 Å². The monoisotopic (exact) mass is 305 g/mol. The molecular formula is C14H28NO4P. The lowest BCUT2D eigenvalue weighted by Gasteiger charge is -2.24. The molecule has 5 nitrogen and oxygen atoms in total. The zero-order chi connectivity index (χ0) is 15.6. The second-order valence-electron chi connectivity index (χ2n) is 6.87. The average molecular weight is 305 g/mol. The molecule has 0 radical (unpaired) electrons. The molecule has 0 bridgehead atoms. The van der Waals surface area contributed by atoms with Gasteiger partial charge in [-0.15, -0.1) is 0 Å². The van der Waals surface area contributed by atoms with Gasteiger partial charge < -0.3 is 14.6 Å². The molecule has 1 fully saturated rings. The van der Waals surface area contributed by atoms with Crippen molar-refractivity contribution < 1.29 is 18.6 Å². The van der Waals surface area contributed by atoms with Crippen LogP contribution >= 0.6 is 7.37 Å². The van der Waals surface area contributed by atoms with Gasteiger partial charge in [0, 0.05) is 18.4 Å². The molecule has 1 aliphatic rings. The fourth-order valence-electron chi connectivity index (χ4n) is 2.49. The van der Waals surface area contributed by atoms with Crippen molar-refractivity contribution >= 4 is 13.5 Å². The maximum Gasteiger partial charge on any atom is 0.407 e. The van der Waals surface area contributed by atoms with Crippen LogP contribution < -0.4 is 5.32 Å². The Bertz CT molecular complexity index is 389. The van der Waals surface area contributed by atoms with Gasteiger partial charge in [0.15, 0.2) is 0 Å². The number of hydrogen-bond acceptors (Lipinski definition) is 4. The fourth-order valence-corrected chi connectivity index (χ4v) is 4.76. The van der Waals surface area contributed by atoms with Crippen LogP contribution in [0, 0.1) is 0 Å². The first-order valence-corrected chi connectivity index (χ1v) is 9.39. The molecule has 3 atom stereocenters. The van der Waals surface area contributed by atoms with E-state index < -0.39 is 19.1 Å². The Labute approximate surface area is 122 Å². The van der Waals surface area contributed by atoms with E-state index in [-0.39, 0.29) is 17.8 Å². The van der Waals surface area contributed by atoms with Gasteiger partial charge in [-0.05, 0) is 53.9 Å². The van der Waals surface area contributed by atoms with Crippen LogP contribution in [0.3, 0.4) is 0 Å². The van der Waals surface area contributed by atoms with Gasteiger partial charge in [-0.25, -0.2) is 4.79 Å². The summed E-state index contributed by atoms with van der Waals surface area (Å²) in [7, 11) is -2.61. The summed E-state index contributed by atoms with van der Waals surface area (Å²) in [6.07, 6.45) is 1.90. The number of hydrogen-bond donors (Lipinski definition) is 1. The summed E-state index contributed by atoms with van der Waals surface area (Å²) in [6, 6.07) is 0.0267. The molecule has 118 valence electrons. The van der Waals surface area contributed by atoms with Crippen molar-refractivity contribution in [2.24, 2.45) is 0 Å². The number of carbonyl (C=O) groups excluding carboxylic acids is 1. The summed E-state index contributed by atoms with van der Waals surface area (Å²) in [4.78, 5) is 11.7. The smallest absolute Gasteiger partial charge is 0.407 e. The third-order valence-corrected chi connectivity index (χ3v) is 5.85. The van der Waals surface area contributed by atoms with Crippen LogP contribution in [0.25, 0.3) is 0 Å². The van der Waals surface area contributed by atoms with Gasteiger partial charge in [-0.2, -0.15) is 0 Å². The lowest BCUT2D eigenvalue weighted by Crippen LogP contribution is -2.38. The largest absolute Gasteiger partial charge is 0.444 e. The highest BCUT2D eigenvalue weighted by Gasteiger charge is 2.37. The summed E-state index contributed by atoms with van der Waals surface area (Å²) in [5.74, 6) is 0. The summed E-state index contributed by atoms with van der Waals surface area (Å²) in [5.41, 5.74) is -0.465. The molecule has 0 saturated heterocycles. The lowest BCUT2D eigenvalue weighted by molar-refractivity contribution is 0.0505. The molecule has 0 aromatic rings. The molecule has 0 heterocycles. The number of alkyl carbamates (subject to hydrolysis) is 1. The van der Waals surface area contributed by atoms with Gasteiger partial charge in [0.05, 0.1) is 6.10 Å². The Kier molecular flexibility index (Phi) is 5.68. The van der Waals surface area contributed by atoms with Crippen LogP contribution in [0.15, 0.2) is 0 Å². The van der Waals surface area contributed by atoms with E-state index in [0.717, 1.165) is 12.8 Å². The predicted octanol–water partition coefficient (Wildman–Crippen LogP) is 3.77. The van der Waals surface area contributed by atoms with Crippen molar-refractivity contribution in [1.29, 1.82) is 0 Å². The second kappa shape index (κ2) is 6.48. The van der Waals surface area contributed by atoms with Crippen LogP contribution in [0.2, 0.25) is 0 Å². The normalized spacial score (nSPS) is 26.4. The van der Waals surface area contributed by atoms with Gasteiger partial charge in [0.1, 0.15) is 5.60 Å².